The van der Waals surface area contributed by atoms with Crippen molar-refractivity contribution in [3.05, 3.63) is 28.7 Å². The first-order valence-electron chi connectivity index (χ1n) is 4.98. The third-order valence-electron chi connectivity index (χ3n) is 2.01. The summed E-state index contributed by atoms with van der Waals surface area (Å²) in [6, 6.07) is 7.56. The van der Waals surface area contributed by atoms with Crippen LogP contribution in [0.3, 0.4) is 0 Å². The van der Waals surface area contributed by atoms with Crippen LogP contribution in [0.25, 0.3) is 0 Å². The summed E-state index contributed by atoms with van der Waals surface area (Å²) in [5.74, 6) is 0.0374. The minimum atomic E-state index is 0.0374. The number of para-hydroxylation sites is 1. The van der Waals surface area contributed by atoms with Crippen molar-refractivity contribution in [3.8, 4) is 0 Å². The first-order valence-corrected chi connectivity index (χ1v) is 5.78. The molecule has 0 aliphatic rings. The van der Waals surface area contributed by atoms with E-state index in [1.54, 1.807) is 0 Å². The summed E-state index contributed by atoms with van der Waals surface area (Å²) in [6.45, 7) is 0.641. The van der Waals surface area contributed by atoms with Crippen LogP contribution in [0.5, 0.6) is 0 Å². The summed E-state index contributed by atoms with van der Waals surface area (Å²) >= 11 is 3.37. The summed E-state index contributed by atoms with van der Waals surface area (Å²) in [4.78, 5) is 11.5. The molecule has 0 aliphatic carbocycles. The van der Waals surface area contributed by atoms with Gasteiger partial charge in [-0.2, -0.15) is 0 Å². The summed E-state index contributed by atoms with van der Waals surface area (Å²) in [6.07, 6.45) is 2.26. The first-order chi connectivity index (χ1) is 7.24. The van der Waals surface area contributed by atoms with Crippen LogP contribution >= 0.6 is 15.9 Å². The molecule has 1 aromatic carbocycles. The minimum absolute atomic E-state index is 0.0374. The van der Waals surface area contributed by atoms with Gasteiger partial charge in [0.2, 0.25) is 5.91 Å². The van der Waals surface area contributed by atoms with E-state index in [0.29, 0.717) is 13.0 Å². The zero-order valence-electron chi connectivity index (χ0n) is 8.50. The second kappa shape index (κ2) is 6.58. The van der Waals surface area contributed by atoms with Crippen LogP contribution in [0.4, 0.5) is 5.69 Å². The topological polar surface area (TPSA) is 55.1 Å². The smallest absolute Gasteiger partial charge is 0.224 e. The van der Waals surface area contributed by atoms with Crippen LogP contribution in [-0.4, -0.2) is 12.5 Å². The molecule has 0 aliphatic heterocycles. The molecule has 0 saturated carbocycles. The van der Waals surface area contributed by atoms with Crippen molar-refractivity contribution in [2.24, 2.45) is 5.73 Å². The molecule has 0 aromatic heterocycles. The molecule has 1 rings (SSSR count). The molecule has 82 valence electrons. The molecule has 3 nitrogen and oxygen atoms in total. The fraction of sp³-hybridized carbons (Fsp3) is 0.364. The van der Waals surface area contributed by atoms with Crippen LogP contribution in [0.2, 0.25) is 0 Å². The number of nitrogens with one attached hydrogen (secondary N) is 1. The predicted molar refractivity (Wildman–Crippen MR) is 65.7 cm³/mol. The highest BCUT2D eigenvalue weighted by molar-refractivity contribution is 9.10. The van der Waals surface area contributed by atoms with E-state index in [0.717, 1.165) is 23.0 Å². The van der Waals surface area contributed by atoms with E-state index in [1.165, 1.54) is 0 Å². The van der Waals surface area contributed by atoms with Gasteiger partial charge in [-0.3, -0.25) is 4.79 Å². The second-order valence-corrected chi connectivity index (χ2v) is 4.13. The highest BCUT2D eigenvalue weighted by Gasteiger charge is 2.03. The lowest BCUT2D eigenvalue weighted by atomic mass is 10.2. The number of benzene rings is 1. The first kappa shape index (κ1) is 12.2. The molecule has 0 radical (unpaired) electrons. The lowest BCUT2D eigenvalue weighted by Gasteiger charge is -2.06. The normalized spacial score (nSPS) is 10.0. The Morgan fingerprint density at radius 1 is 1.33 bits per heavy atom. The summed E-state index contributed by atoms with van der Waals surface area (Å²) in [5, 5.41) is 2.84. The summed E-state index contributed by atoms with van der Waals surface area (Å²) < 4.78 is 0.900. The third kappa shape index (κ3) is 4.44. The zero-order valence-corrected chi connectivity index (χ0v) is 10.1. The lowest BCUT2D eigenvalue weighted by molar-refractivity contribution is -0.116. The molecule has 0 unspecified atom stereocenters. The molecule has 1 aromatic rings. The Morgan fingerprint density at radius 2 is 2.07 bits per heavy atom. The SMILES string of the molecule is NCCCCC(=O)Nc1ccccc1Br. The predicted octanol–water partition coefficient (Wildman–Crippen LogP) is 2.52. The molecule has 0 heterocycles. The van der Waals surface area contributed by atoms with E-state index in [1.807, 2.05) is 24.3 Å². The summed E-state index contributed by atoms with van der Waals surface area (Å²) in [7, 11) is 0. The number of halogens is 1. The highest BCUT2D eigenvalue weighted by Crippen LogP contribution is 2.21. The Bertz CT molecular complexity index is 328. The van der Waals surface area contributed by atoms with E-state index >= 15 is 0 Å². The van der Waals surface area contributed by atoms with Gasteiger partial charge in [0.15, 0.2) is 0 Å². The number of carbonyl (C=O) groups excluding carboxylic acids is 1. The lowest BCUT2D eigenvalue weighted by Crippen LogP contribution is -2.12. The highest BCUT2D eigenvalue weighted by atomic mass is 79.9. The zero-order chi connectivity index (χ0) is 11.1. The number of nitrogens with two attached hydrogens (primary N) is 1. The summed E-state index contributed by atoms with van der Waals surface area (Å²) in [5.41, 5.74) is 6.17. The van der Waals surface area contributed by atoms with Crippen molar-refractivity contribution < 1.29 is 4.79 Å². The van der Waals surface area contributed by atoms with Crippen molar-refractivity contribution >= 4 is 27.5 Å². The van der Waals surface area contributed by atoms with Crippen LogP contribution in [0.1, 0.15) is 19.3 Å². The Balaban J connectivity index is 2.41. The monoisotopic (exact) mass is 270 g/mol. The van der Waals surface area contributed by atoms with Gasteiger partial charge in [0.25, 0.3) is 0 Å². The molecule has 15 heavy (non-hydrogen) atoms. The Kier molecular flexibility index (Phi) is 5.36. The Labute approximate surface area is 98.2 Å². The van der Waals surface area contributed by atoms with Crippen molar-refractivity contribution in [1.29, 1.82) is 0 Å². The van der Waals surface area contributed by atoms with Crippen molar-refractivity contribution in [2.45, 2.75) is 19.3 Å². The molecular formula is C11H15BrN2O. The average Bonchev–Trinajstić information content (AvgIpc) is 2.22. The van der Waals surface area contributed by atoms with E-state index in [4.69, 9.17) is 5.73 Å². The molecule has 0 saturated heterocycles. The van der Waals surface area contributed by atoms with Gasteiger partial charge in [-0.1, -0.05) is 12.1 Å². The van der Waals surface area contributed by atoms with Gasteiger partial charge in [-0.15, -0.1) is 0 Å². The molecule has 0 fully saturated rings. The molecule has 3 N–H and O–H groups in total. The molecular weight excluding hydrogens is 256 g/mol. The maximum atomic E-state index is 11.5. The fourth-order valence-electron chi connectivity index (χ4n) is 1.21. The number of carbonyl (C=O) groups is 1. The van der Waals surface area contributed by atoms with Crippen molar-refractivity contribution in [1.82, 2.24) is 0 Å². The number of unbranched alkanes of at least 4 members (excludes halogenated alkanes) is 1. The standard InChI is InChI=1S/C11H15BrN2O/c12-9-5-1-2-6-10(9)14-11(15)7-3-4-8-13/h1-2,5-6H,3-4,7-8,13H2,(H,14,15). The average molecular weight is 271 g/mol. The van der Waals surface area contributed by atoms with Crippen LogP contribution in [-0.2, 0) is 4.79 Å². The van der Waals surface area contributed by atoms with Crippen LogP contribution in [0, 0.1) is 0 Å². The van der Waals surface area contributed by atoms with E-state index < -0.39 is 0 Å². The van der Waals surface area contributed by atoms with Gasteiger partial charge in [0, 0.05) is 10.9 Å². The maximum absolute atomic E-state index is 11.5. The number of amides is 1. The third-order valence-corrected chi connectivity index (χ3v) is 2.70. The Hall–Kier alpha value is -0.870. The minimum Gasteiger partial charge on any atom is -0.330 e. The van der Waals surface area contributed by atoms with Crippen LogP contribution < -0.4 is 11.1 Å². The number of rotatable bonds is 5. The van der Waals surface area contributed by atoms with Gasteiger partial charge >= 0.3 is 0 Å². The molecule has 1 amide bonds. The van der Waals surface area contributed by atoms with E-state index in [-0.39, 0.29) is 5.91 Å². The fourth-order valence-corrected chi connectivity index (χ4v) is 1.59. The largest absolute Gasteiger partial charge is 0.330 e. The number of anilines is 1. The van der Waals surface area contributed by atoms with Gasteiger partial charge in [-0.25, -0.2) is 0 Å². The molecule has 4 heteroatoms. The molecule has 0 bridgehead atoms. The van der Waals surface area contributed by atoms with Crippen molar-refractivity contribution in [2.75, 3.05) is 11.9 Å². The van der Waals surface area contributed by atoms with Crippen LogP contribution in [0.15, 0.2) is 28.7 Å². The molecule has 0 atom stereocenters. The maximum Gasteiger partial charge on any atom is 0.224 e. The number of hydrogen-bond donors (Lipinski definition) is 2. The van der Waals surface area contributed by atoms with Gasteiger partial charge < -0.3 is 11.1 Å². The van der Waals surface area contributed by atoms with Gasteiger partial charge in [-0.05, 0) is 47.4 Å². The molecule has 0 spiro atoms. The van der Waals surface area contributed by atoms with Gasteiger partial charge in [0.05, 0.1) is 5.69 Å². The second-order valence-electron chi connectivity index (χ2n) is 3.27. The Morgan fingerprint density at radius 3 is 2.73 bits per heavy atom. The van der Waals surface area contributed by atoms with Gasteiger partial charge in [0.1, 0.15) is 0 Å². The van der Waals surface area contributed by atoms with E-state index in [9.17, 15) is 4.79 Å². The number of hydrogen-bond acceptors (Lipinski definition) is 2. The quantitative estimate of drug-likeness (QED) is 0.808. The van der Waals surface area contributed by atoms with E-state index in [2.05, 4.69) is 21.2 Å². The van der Waals surface area contributed by atoms with Crippen molar-refractivity contribution in [3.63, 3.8) is 0 Å².